The van der Waals surface area contributed by atoms with Crippen LogP contribution in [0, 0.1) is 0 Å². The quantitative estimate of drug-likeness (QED) is 0.780. The van der Waals surface area contributed by atoms with Crippen molar-refractivity contribution >= 4 is 11.6 Å². The lowest BCUT2D eigenvalue weighted by atomic mass is 9.83. The molecule has 0 aliphatic carbocycles. The van der Waals surface area contributed by atoms with E-state index in [4.69, 9.17) is 21.1 Å². The molecule has 0 heterocycles. The van der Waals surface area contributed by atoms with Crippen LogP contribution in [0.2, 0.25) is 5.02 Å². The number of benzene rings is 1. The van der Waals surface area contributed by atoms with Crippen LogP contribution in [0.5, 0.6) is 5.75 Å². The highest BCUT2D eigenvalue weighted by molar-refractivity contribution is 6.30. The van der Waals surface area contributed by atoms with Crippen LogP contribution in [0.25, 0.3) is 0 Å². The number of hydrogen-bond acceptors (Lipinski definition) is 3. The number of rotatable bonds is 8. The zero-order chi connectivity index (χ0) is 15.2. The fourth-order valence-corrected chi connectivity index (χ4v) is 2.96. The molecule has 0 saturated heterocycles. The van der Waals surface area contributed by atoms with Crippen LogP contribution in [0.1, 0.15) is 45.2 Å². The Balaban J connectivity index is 3.35. The van der Waals surface area contributed by atoms with E-state index in [1.165, 1.54) is 0 Å². The van der Waals surface area contributed by atoms with Gasteiger partial charge in [-0.05, 0) is 37.6 Å². The highest BCUT2D eigenvalue weighted by Crippen LogP contribution is 2.39. The molecule has 0 saturated carbocycles. The zero-order valence-electron chi connectivity index (χ0n) is 13.1. The fourth-order valence-electron chi connectivity index (χ4n) is 2.78. The highest BCUT2D eigenvalue weighted by Gasteiger charge is 2.38. The molecule has 1 rings (SSSR count). The van der Waals surface area contributed by atoms with Crippen molar-refractivity contribution in [2.75, 3.05) is 20.8 Å². The van der Waals surface area contributed by atoms with Gasteiger partial charge in [0.2, 0.25) is 0 Å². The number of ether oxygens (including phenoxy) is 2. The Bertz CT molecular complexity index is 411. The van der Waals surface area contributed by atoms with Crippen LogP contribution >= 0.6 is 11.6 Å². The SMILES string of the molecule is CCNC(c1cc(Cl)ccc1OC)C(CC)(CC)OC. The first kappa shape index (κ1) is 17.3. The second-order valence-electron chi connectivity index (χ2n) is 4.85. The predicted octanol–water partition coefficient (Wildman–Crippen LogP) is 4.20. The topological polar surface area (TPSA) is 30.5 Å². The predicted molar refractivity (Wildman–Crippen MR) is 84.7 cm³/mol. The van der Waals surface area contributed by atoms with E-state index in [0.717, 1.165) is 30.7 Å². The Morgan fingerprint density at radius 2 is 1.85 bits per heavy atom. The van der Waals surface area contributed by atoms with Crippen molar-refractivity contribution in [3.8, 4) is 5.75 Å². The van der Waals surface area contributed by atoms with Crippen LogP contribution in [0.4, 0.5) is 0 Å². The number of likely N-dealkylation sites (N-methyl/N-ethyl adjacent to an activating group) is 1. The lowest BCUT2D eigenvalue weighted by Crippen LogP contribution is -2.45. The third-order valence-corrected chi connectivity index (χ3v) is 4.28. The molecule has 0 amide bonds. The van der Waals surface area contributed by atoms with E-state index >= 15 is 0 Å². The van der Waals surface area contributed by atoms with Gasteiger partial charge in [0.25, 0.3) is 0 Å². The maximum Gasteiger partial charge on any atom is 0.123 e. The largest absolute Gasteiger partial charge is 0.496 e. The number of nitrogens with one attached hydrogen (secondary N) is 1. The van der Waals surface area contributed by atoms with Gasteiger partial charge in [-0.15, -0.1) is 0 Å². The second-order valence-corrected chi connectivity index (χ2v) is 5.29. The van der Waals surface area contributed by atoms with Gasteiger partial charge in [0.05, 0.1) is 18.8 Å². The molecular formula is C16H26ClNO2. The maximum atomic E-state index is 6.17. The van der Waals surface area contributed by atoms with E-state index < -0.39 is 0 Å². The average Bonchev–Trinajstić information content (AvgIpc) is 2.48. The van der Waals surface area contributed by atoms with Crippen molar-refractivity contribution in [1.82, 2.24) is 5.32 Å². The first-order chi connectivity index (χ1) is 9.58. The summed E-state index contributed by atoms with van der Waals surface area (Å²) in [7, 11) is 3.45. The number of hydrogen-bond donors (Lipinski definition) is 1. The normalized spacial score (nSPS) is 13.3. The molecule has 1 aromatic carbocycles. The molecule has 0 aliphatic heterocycles. The molecule has 114 valence electrons. The van der Waals surface area contributed by atoms with E-state index in [-0.39, 0.29) is 11.6 Å². The van der Waals surface area contributed by atoms with Gasteiger partial charge in [-0.2, -0.15) is 0 Å². The van der Waals surface area contributed by atoms with Gasteiger partial charge in [0.15, 0.2) is 0 Å². The molecule has 3 nitrogen and oxygen atoms in total. The zero-order valence-corrected chi connectivity index (χ0v) is 13.9. The van der Waals surface area contributed by atoms with Crippen molar-refractivity contribution < 1.29 is 9.47 Å². The maximum absolute atomic E-state index is 6.17. The minimum atomic E-state index is -0.270. The molecule has 4 heteroatoms. The summed E-state index contributed by atoms with van der Waals surface area (Å²) in [6, 6.07) is 5.76. The summed E-state index contributed by atoms with van der Waals surface area (Å²) in [5.41, 5.74) is 0.779. The van der Waals surface area contributed by atoms with Crippen molar-refractivity contribution in [1.29, 1.82) is 0 Å². The van der Waals surface area contributed by atoms with E-state index in [2.05, 4.69) is 26.1 Å². The molecule has 0 aromatic heterocycles. The van der Waals surface area contributed by atoms with Crippen molar-refractivity contribution in [2.45, 2.75) is 45.3 Å². The summed E-state index contributed by atoms with van der Waals surface area (Å²) >= 11 is 6.17. The number of halogens is 1. The van der Waals surface area contributed by atoms with Gasteiger partial charge in [-0.3, -0.25) is 0 Å². The molecule has 1 aromatic rings. The van der Waals surface area contributed by atoms with Gasteiger partial charge in [-0.1, -0.05) is 32.4 Å². The Kier molecular flexibility index (Phi) is 6.80. The van der Waals surface area contributed by atoms with E-state index in [0.29, 0.717) is 5.02 Å². The van der Waals surface area contributed by atoms with Crippen molar-refractivity contribution in [2.24, 2.45) is 0 Å². The van der Waals surface area contributed by atoms with Gasteiger partial charge < -0.3 is 14.8 Å². The standard InChI is InChI=1S/C16H26ClNO2/c1-6-16(7-2,20-5)15(18-8-3)13-11-12(17)9-10-14(13)19-4/h9-11,15,18H,6-8H2,1-5H3. The van der Waals surface area contributed by atoms with Gasteiger partial charge in [0.1, 0.15) is 5.75 Å². The molecule has 20 heavy (non-hydrogen) atoms. The van der Waals surface area contributed by atoms with Crippen LogP contribution in [0.3, 0.4) is 0 Å². The Morgan fingerprint density at radius 1 is 1.20 bits per heavy atom. The third-order valence-electron chi connectivity index (χ3n) is 4.04. The molecule has 0 aliphatic rings. The van der Waals surface area contributed by atoms with Gasteiger partial charge in [0, 0.05) is 17.7 Å². The Labute approximate surface area is 127 Å². The molecule has 0 fully saturated rings. The molecule has 0 spiro atoms. The minimum absolute atomic E-state index is 0.0427. The third kappa shape index (κ3) is 3.46. The molecule has 0 bridgehead atoms. The number of methoxy groups -OCH3 is 2. The fraction of sp³-hybridized carbons (Fsp3) is 0.625. The summed E-state index contributed by atoms with van der Waals surface area (Å²) in [6.45, 7) is 7.24. The van der Waals surface area contributed by atoms with Gasteiger partial charge in [-0.25, -0.2) is 0 Å². The Hall–Kier alpha value is -0.770. The minimum Gasteiger partial charge on any atom is -0.496 e. The van der Waals surface area contributed by atoms with Crippen LogP contribution in [-0.2, 0) is 4.74 Å². The molecule has 1 N–H and O–H groups in total. The van der Waals surface area contributed by atoms with Crippen molar-refractivity contribution in [3.05, 3.63) is 28.8 Å². The van der Waals surface area contributed by atoms with E-state index in [9.17, 15) is 0 Å². The molecular weight excluding hydrogens is 274 g/mol. The van der Waals surface area contributed by atoms with Crippen LogP contribution in [0.15, 0.2) is 18.2 Å². The van der Waals surface area contributed by atoms with E-state index in [1.54, 1.807) is 14.2 Å². The summed E-state index contributed by atoms with van der Waals surface area (Å²) in [6.07, 6.45) is 1.82. The smallest absolute Gasteiger partial charge is 0.123 e. The first-order valence-corrected chi connectivity index (χ1v) is 7.58. The summed E-state index contributed by atoms with van der Waals surface area (Å²) < 4.78 is 11.4. The highest BCUT2D eigenvalue weighted by atomic mass is 35.5. The monoisotopic (exact) mass is 299 g/mol. The lowest BCUT2D eigenvalue weighted by Gasteiger charge is -2.39. The summed E-state index contributed by atoms with van der Waals surface area (Å²) in [5.74, 6) is 0.837. The second kappa shape index (κ2) is 7.87. The van der Waals surface area contributed by atoms with Crippen LogP contribution < -0.4 is 10.1 Å². The van der Waals surface area contributed by atoms with E-state index in [1.807, 2.05) is 18.2 Å². The van der Waals surface area contributed by atoms with Crippen LogP contribution in [-0.4, -0.2) is 26.4 Å². The lowest BCUT2D eigenvalue weighted by molar-refractivity contribution is -0.0487. The first-order valence-electron chi connectivity index (χ1n) is 7.20. The van der Waals surface area contributed by atoms with Crippen molar-refractivity contribution in [3.63, 3.8) is 0 Å². The van der Waals surface area contributed by atoms with Gasteiger partial charge >= 0.3 is 0 Å². The molecule has 1 unspecified atom stereocenters. The molecule has 1 atom stereocenters. The molecule has 0 radical (unpaired) electrons. The average molecular weight is 300 g/mol. The summed E-state index contributed by atoms with van der Waals surface area (Å²) in [4.78, 5) is 0. The Morgan fingerprint density at radius 3 is 2.30 bits per heavy atom. The summed E-state index contributed by atoms with van der Waals surface area (Å²) in [5, 5.41) is 4.24.